The molecular weight excluding hydrogens is 811 g/mol. The quantitative estimate of drug-likeness (QED) is 0.0680. The minimum Gasteiger partial charge on any atom is -0.478 e. The van der Waals surface area contributed by atoms with Gasteiger partial charge in [0.15, 0.2) is 11.7 Å². The highest BCUT2D eigenvalue weighted by Gasteiger charge is 2.86. The number of nitrogens with zero attached hydrogens (tertiary/aromatic N) is 1. The molecule has 0 radical (unpaired) electrons. The molecule has 9 aliphatic carbocycles. The smallest absolute Gasteiger partial charge is 0.331 e. The standard InChI is InChI=1S/C52H61N3O9/c1-29(42(60)61)33-14-20-48(55-43(53)54)22-21-47(35(16-25-56)52(48,64)41(33)59)28-49(62)23-24-50(63)37(32-13-12-30-10-6-7-11-31(30)26-32)39-44(2)17-8-5-9-18-51(49)40(50)38(34(57)27-46(47,51)4)45(39,3)19-15-36(44)58/h6-7,10-11,21-24,26,35,37,39,41,56,59,62-64H,9,12-20,25,27-28H2,1-4H3,(H,60,61)(H4,53,54,55)/b33-29+/t35-,37-,39+,41+,44+,45+,46+,47+,48-,49-,50+,51-,52+/m0/s1. The molecule has 12 nitrogen and oxygen atoms in total. The number of guanidine groups is 1. The molecule has 10 rings (SSSR count). The Morgan fingerprint density at radius 1 is 0.922 bits per heavy atom. The second kappa shape index (κ2) is 13.5. The number of nitrogens with two attached hydrogens (primary N) is 2. The fourth-order valence-electron chi connectivity index (χ4n) is 16.7. The van der Waals surface area contributed by atoms with Crippen LogP contribution in [0.3, 0.4) is 0 Å². The van der Waals surface area contributed by atoms with Crippen molar-refractivity contribution in [2.75, 3.05) is 6.61 Å². The third-order valence-electron chi connectivity index (χ3n) is 19.3. The number of carbonyl (C=O) groups is 3. The molecule has 0 aromatic heterocycles. The number of benzene rings is 1. The van der Waals surface area contributed by atoms with E-state index in [1.807, 2.05) is 32.1 Å². The van der Waals surface area contributed by atoms with Gasteiger partial charge < -0.3 is 42.1 Å². The highest BCUT2D eigenvalue weighted by molar-refractivity contribution is 6.02. The molecule has 9 aliphatic rings. The van der Waals surface area contributed by atoms with Crippen LogP contribution in [0.5, 0.6) is 0 Å². The van der Waals surface area contributed by atoms with Crippen LogP contribution in [-0.2, 0) is 20.8 Å². The Labute approximate surface area is 374 Å². The zero-order chi connectivity index (χ0) is 45.8. The number of carboxylic acid groups (broad SMARTS) is 1. The van der Waals surface area contributed by atoms with Gasteiger partial charge in [0.2, 0.25) is 0 Å². The van der Waals surface area contributed by atoms with E-state index in [-0.39, 0.29) is 86.5 Å². The van der Waals surface area contributed by atoms with Gasteiger partial charge in [0.05, 0.1) is 5.60 Å². The predicted octanol–water partition coefficient (Wildman–Crippen LogP) is 4.38. The Bertz CT molecular complexity index is 2590. The van der Waals surface area contributed by atoms with Crippen LogP contribution in [0.15, 0.2) is 81.4 Å². The summed E-state index contributed by atoms with van der Waals surface area (Å²) < 4.78 is 0. The van der Waals surface area contributed by atoms with Crippen molar-refractivity contribution in [1.82, 2.24) is 0 Å². The van der Waals surface area contributed by atoms with Crippen LogP contribution in [0.25, 0.3) is 6.08 Å². The number of allylic oxidation sites excluding steroid dienone is 2. The van der Waals surface area contributed by atoms with E-state index in [9.17, 15) is 40.2 Å². The number of carboxylic acids is 1. The molecule has 13 atom stereocenters. The van der Waals surface area contributed by atoms with Crippen LogP contribution < -0.4 is 11.5 Å². The van der Waals surface area contributed by atoms with Crippen molar-refractivity contribution < 1.29 is 45.0 Å². The highest BCUT2D eigenvalue weighted by Crippen LogP contribution is 2.84. The number of aliphatic hydroxyl groups excluding tert-OH is 2. The molecule has 0 amide bonds. The van der Waals surface area contributed by atoms with E-state index in [2.05, 4.69) is 42.0 Å². The molecule has 0 aliphatic heterocycles. The van der Waals surface area contributed by atoms with Gasteiger partial charge in [-0.1, -0.05) is 74.9 Å². The van der Waals surface area contributed by atoms with Gasteiger partial charge in [0.1, 0.15) is 28.6 Å². The zero-order valence-corrected chi connectivity index (χ0v) is 37.2. The summed E-state index contributed by atoms with van der Waals surface area (Å²) in [7, 11) is 0. The number of ketones is 2. The number of aryl methyl sites for hydroxylation is 1. The lowest BCUT2D eigenvalue weighted by Crippen LogP contribution is -2.74. The first kappa shape index (κ1) is 43.3. The Morgan fingerprint density at radius 2 is 1.67 bits per heavy atom. The van der Waals surface area contributed by atoms with Gasteiger partial charge in [-0.3, -0.25) is 9.59 Å². The zero-order valence-electron chi connectivity index (χ0n) is 37.2. The summed E-state index contributed by atoms with van der Waals surface area (Å²) >= 11 is 0. The molecule has 2 spiro atoms. The van der Waals surface area contributed by atoms with Crippen molar-refractivity contribution in [2.45, 2.75) is 133 Å². The third-order valence-corrected chi connectivity index (χ3v) is 19.3. The Kier molecular flexibility index (Phi) is 9.11. The molecule has 4 bridgehead atoms. The molecule has 12 heteroatoms. The second-order valence-electron chi connectivity index (χ2n) is 21.6. The van der Waals surface area contributed by atoms with Crippen molar-refractivity contribution in [3.05, 3.63) is 87.6 Å². The van der Waals surface area contributed by atoms with Gasteiger partial charge in [-0.25, -0.2) is 9.79 Å². The Balaban J connectivity index is 1.30. The van der Waals surface area contributed by atoms with E-state index in [1.165, 1.54) is 12.5 Å². The van der Waals surface area contributed by atoms with Gasteiger partial charge in [-0.15, -0.1) is 11.8 Å². The van der Waals surface area contributed by atoms with E-state index in [0.717, 1.165) is 17.6 Å². The van der Waals surface area contributed by atoms with Crippen LogP contribution in [0.1, 0.15) is 109 Å². The monoisotopic (exact) mass is 871 g/mol. The van der Waals surface area contributed by atoms with Crippen molar-refractivity contribution in [3.8, 4) is 11.8 Å². The maximum atomic E-state index is 16.0. The number of fused-ring (bicyclic) bond motifs is 4. The third kappa shape index (κ3) is 4.82. The summed E-state index contributed by atoms with van der Waals surface area (Å²) in [5.41, 5.74) is 2.40. The molecule has 0 saturated heterocycles. The average molecular weight is 872 g/mol. The molecule has 3 fully saturated rings. The second-order valence-corrected chi connectivity index (χ2v) is 21.6. The first-order valence-electron chi connectivity index (χ1n) is 23.1. The van der Waals surface area contributed by atoms with E-state index in [4.69, 9.17) is 11.5 Å². The topological polar surface area (TPSA) is 237 Å². The van der Waals surface area contributed by atoms with Crippen molar-refractivity contribution in [2.24, 2.45) is 61.3 Å². The van der Waals surface area contributed by atoms with Gasteiger partial charge in [-0.05, 0) is 98.0 Å². The van der Waals surface area contributed by atoms with E-state index in [1.54, 1.807) is 18.2 Å². The summed E-state index contributed by atoms with van der Waals surface area (Å²) in [4.78, 5) is 47.7. The minimum atomic E-state index is -2.37. The highest BCUT2D eigenvalue weighted by atomic mass is 16.4. The van der Waals surface area contributed by atoms with Crippen LogP contribution in [0.2, 0.25) is 0 Å². The maximum Gasteiger partial charge on any atom is 0.331 e. The predicted molar refractivity (Wildman–Crippen MR) is 238 cm³/mol. The number of aliphatic hydroxyl groups is 5. The van der Waals surface area contributed by atoms with Crippen LogP contribution in [-0.4, -0.2) is 89.2 Å². The molecular formula is C52H61N3O9. The molecule has 0 heterocycles. The first-order valence-corrected chi connectivity index (χ1v) is 23.1. The number of rotatable bonds is 5. The van der Waals surface area contributed by atoms with Crippen LogP contribution in [0.4, 0.5) is 0 Å². The summed E-state index contributed by atoms with van der Waals surface area (Å²) in [6, 6.07) is 8.18. The SMILES string of the molecule is C/C(C(=O)O)=C1/CC[C@]2(N=C(N)N)C=C[C@@]3(C[C@@]4(O)C=C[C@]5(O)C6=C7C(=O)C[C@@]3(C)[C@]64CCC#CC[C@]3(C)C(=O)CC[C@@]7(C)[C@@H]3[C@@H]5C3=Cc4ccccc4CC3)[C@H](CCO)[C@@]2(O)[C@@H]1O. The number of carbonyl (C=O) groups excluding carboxylic acids is 2. The largest absolute Gasteiger partial charge is 0.478 e. The normalized spacial score (nSPS) is 46.6. The molecule has 1 aromatic carbocycles. The fraction of sp³-hybridized carbons (Fsp3) is 0.577. The van der Waals surface area contributed by atoms with Gasteiger partial charge in [0.25, 0.3) is 0 Å². The lowest BCUT2D eigenvalue weighted by molar-refractivity contribution is -0.208. The molecule has 0 unspecified atom stereocenters. The summed E-state index contributed by atoms with van der Waals surface area (Å²) in [5, 5.41) is 76.0. The van der Waals surface area contributed by atoms with Gasteiger partial charge >= 0.3 is 5.97 Å². The van der Waals surface area contributed by atoms with Gasteiger partial charge in [-0.2, -0.15) is 0 Å². The fourth-order valence-corrected chi connectivity index (χ4v) is 16.7. The lowest BCUT2D eigenvalue weighted by atomic mass is 9.33. The van der Waals surface area contributed by atoms with Crippen molar-refractivity contribution >= 4 is 29.6 Å². The van der Waals surface area contributed by atoms with Crippen LogP contribution in [0, 0.1) is 56.7 Å². The average Bonchev–Trinajstić information content (AvgIpc) is 3.39. The maximum absolute atomic E-state index is 16.0. The lowest BCUT2D eigenvalue weighted by Gasteiger charge is -2.71. The number of Topliss-reactive ketones (excluding diaryl/α,β-unsaturated/α-hetero) is 2. The summed E-state index contributed by atoms with van der Waals surface area (Å²) in [6.07, 6.45) is 9.60. The van der Waals surface area contributed by atoms with E-state index in [0.29, 0.717) is 24.0 Å². The molecule has 10 N–H and O–H groups in total. The Hall–Kier alpha value is -4.64. The van der Waals surface area contributed by atoms with Gasteiger partial charge in [0, 0.05) is 76.9 Å². The van der Waals surface area contributed by atoms with E-state index < -0.39 is 85.9 Å². The minimum absolute atomic E-state index is 0.0136. The van der Waals surface area contributed by atoms with E-state index >= 15 is 4.79 Å². The summed E-state index contributed by atoms with van der Waals surface area (Å²) in [6.45, 7) is 6.91. The molecule has 64 heavy (non-hydrogen) atoms. The first-order chi connectivity index (χ1) is 30.1. The van der Waals surface area contributed by atoms with Crippen molar-refractivity contribution in [3.63, 3.8) is 0 Å². The van der Waals surface area contributed by atoms with Crippen LogP contribution >= 0.6 is 0 Å². The molecule has 1 aromatic rings. The molecule has 3 saturated carbocycles. The number of aliphatic carboxylic acids is 1. The number of aliphatic imine (C=N–C) groups is 1. The number of hydrogen-bond donors (Lipinski definition) is 8. The summed E-state index contributed by atoms with van der Waals surface area (Å²) in [5.74, 6) is 2.60. The van der Waals surface area contributed by atoms with Crippen molar-refractivity contribution in [1.29, 1.82) is 0 Å². The number of hydrogen-bond acceptors (Lipinski definition) is 9. The molecule has 338 valence electrons. The Morgan fingerprint density at radius 3 is 2.39 bits per heavy atom.